The van der Waals surface area contributed by atoms with Crippen LogP contribution in [0.4, 0.5) is 13.2 Å². The van der Waals surface area contributed by atoms with Gasteiger partial charge < -0.3 is 9.64 Å². The topological polar surface area (TPSA) is 29.5 Å². The first-order chi connectivity index (χ1) is 9.40. The Hall–Kier alpha value is -1.56. The van der Waals surface area contributed by atoms with E-state index in [4.69, 9.17) is 4.74 Å². The molecule has 2 bridgehead atoms. The highest BCUT2D eigenvalue weighted by molar-refractivity contribution is 5.82. The first kappa shape index (κ1) is 13.4. The standard InChI is InChI=1S/C14H14F3NO2/c15-14(16,17)12(19)18-9-13(7-11(18)8-20-13)6-10-4-2-1-3-5-10/h1-5,11H,6-9H2/t11?,13-/m0/s1. The van der Waals surface area contributed by atoms with Crippen LogP contribution < -0.4 is 0 Å². The smallest absolute Gasteiger partial charge is 0.371 e. The lowest BCUT2D eigenvalue weighted by Crippen LogP contribution is -2.50. The van der Waals surface area contributed by atoms with Gasteiger partial charge in [0.15, 0.2) is 0 Å². The lowest BCUT2D eigenvalue weighted by molar-refractivity contribution is -0.191. The van der Waals surface area contributed by atoms with Gasteiger partial charge in [0.25, 0.3) is 0 Å². The van der Waals surface area contributed by atoms with Gasteiger partial charge in [0, 0.05) is 12.8 Å². The van der Waals surface area contributed by atoms with Crippen LogP contribution in [0.25, 0.3) is 0 Å². The van der Waals surface area contributed by atoms with Crippen molar-refractivity contribution in [3.63, 3.8) is 0 Å². The van der Waals surface area contributed by atoms with Crippen LogP contribution in [0.5, 0.6) is 0 Å². The van der Waals surface area contributed by atoms with Gasteiger partial charge in [-0.2, -0.15) is 13.2 Å². The maximum atomic E-state index is 12.5. The molecule has 2 aliphatic heterocycles. The van der Waals surface area contributed by atoms with Crippen molar-refractivity contribution in [1.82, 2.24) is 4.90 Å². The lowest BCUT2D eigenvalue weighted by atomic mass is 9.94. The third kappa shape index (κ3) is 2.28. The summed E-state index contributed by atoms with van der Waals surface area (Å²) in [6.07, 6.45) is -3.80. The minimum Gasteiger partial charge on any atom is -0.371 e. The van der Waals surface area contributed by atoms with Crippen molar-refractivity contribution in [3.05, 3.63) is 35.9 Å². The molecule has 2 heterocycles. The molecule has 1 unspecified atom stereocenters. The fraction of sp³-hybridized carbons (Fsp3) is 0.500. The Morgan fingerprint density at radius 3 is 2.70 bits per heavy atom. The van der Waals surface area contributed by atoms with Gasteiger partial charge in [-0.05, 0) is 5.56 Å². The monoisotopic (exact) mass is 285 g/mol. The van der Waals surface area contributed by atoms with E-state index in [0.29, 0.717) is 12.8 Å². The van der Waals surface area contributed by atoms with Crippen molar-refractivity contribution in [1.29, 1.82) is 0 Å². The Kier molecular flexibility index (Phi) is 3.01. The molecular formula is C14H14F3NO2. The van der Waals surface area contributed by atoms with Crippen molar-refractivity contribution >= 4 is 5.91 Å². The number of morpholine rings is 1. The fourth-order valence-electron chi connectivity index (χ4n) is 3.12. The zero-order valence-electron chi connectivity index (χ0n) is 10.7. The molecule has 0 saturated carbocycles. The number of likely N-dealkylation sites (tertiary alicyclic amines) is 1. The Labute approximate surface area is 114 Å². The largest absolute Gasteiger partial charge is 0.471 e. The highest BCUT2D eigenvalue weighted by Gasteiger charge is 2.56. The highest BCUT2D eigenvalue weighted by Crippen LogP contribution is 2.41. The van der Waals surface area contributed by atoms with Gasteiger partial charge >= 0.3 is 12.1 Å². The number of carbonyl (C=O) groups excluding carboxylic acids is 1. The van der Waals surface area contributed by atoms with E-state index in [9.17, 15) is 18.0 Å². The van der Waals surface area contributed by atoms with E-state index in [1.807, 2.05) is 30.3 Å². The molecule has 1 aromatic carbocycles. The third-order valence-electron chi connectivity index (χ3n) is 3.96. The Balaban J connectivity index is 1.76. The van der Waals surface area contributed by atoms with Crippen LogP contribution in [0.3, 0.4) is 0 Å². The molecule has 2 aliphatic rings. The maximum Gasteiger partial charge on any atom is 0.471 e. The van der Waals surface area contributed by atoms with Gasteiger partial charge in [0.1, 0.15) is 0 Å². The molecule has 20 heavy (non-hydrogen) atoms. The van der Waals surface area contributed by atoms with Crippen molar-refractivity contribution in [2.24, 2.45) is 0 Å². The van der Waals surface area contributed by atoms with Crippen molar-refractivity contribution in [2.75, 3.05) is 13.2 Å². The Morgan fingerprint density at radius 2 is 2.05 bits per heavy atom. The van der Waals surface area contributed by atoms with Gasteiger partial charge in [-0.25, -0.2) is 0 Å². The Morgan fingerprint density at radius 1 is 1.35 bits per heavy atom. The fourth-order valence-corrected chi connectivity index (χ4v) is 3.12. The van der Waals surface area contributed by atoms with Gasteiger partial charge in [-0.15, -0.1) is 0 Å². The lowest BCUT2D eigenvalue weighted by Gasteiger charge is -2.33. The van der Waals surface area contributed by atoms with E-state index in [1.54, 1.807) is 0 Å². The molecule has 0 aliphatic carbocycles. The van der Waals surface area contributed by atoms with Crippen molar-refractivity contribution in [3.8, 4) is 0 Å². The predicted molar refractivity (Wildman–Crippen MR) is 65.0 cm³/mol. The predicted octanol–water partition coefficient (Wildman–Crippen LogP) is 2.16. The second-order valence-corrected chi connectivity index (χ2v) is 5.45. The second kappa shape index (κ2) is 4.48. The molecule has 0 aromatic heterocycles. The first-order valence-corrected chi connectivity index (χ1v) is 6.45. The van der Waals surface area contributed by atoms with E-state index in [1.165, 1.54) is 0 Å². The van der Waals surface area contributed by atoms with Crippen LogP contribution >= 0.6 is 0 Å². The highest BCUT2D eigenvalue weighted by atomic mass is 19.4. The summed E-state index contributed by atoms with van der Waals surface area (Å²) in [6, 6.07) is 9.03. The summed E-state index contributed by atoms with van der Waals surface area (Å²) in [6.45, 7) is 0.208. The van der Waals surface area contributed by atoms with Crippen molar-refractivity contribution < 1.29 is 22.7 Å². The molecule has 1 aromatic rings. The van der Waals surface area contributed by atoms with E-state index < -0.39 is 23.7 Å². The summed E-state index contributed by atoms with van der Waals surface area (Å²) in [5.74, 6) is -1.75. The average Bonchev–Trinajstić information content (AvgIpc) is 2.95. The number of alkyl halides is 3. The van der Waals surface area contributed by atoms with Gasteiger partial charge in [-0.3, -0.25) is 4.79 Å². The summed E-state index contributed by atoms with van der Waals surface area (Å²) in [4.78, 5) is 12.3. The quantitative estimate of drug-likeness (QED) is 0.833. The van der Waals surface area contributed by atoms with Gasteiger partial charge in [0.05, 0.1) is 24.8 Å². The van der Waals surface area contributed by atoms with E-state index in [-0.39, 0.29) is 13.2 Å². The van der Waals surface area contributed by atoms with E-state index in [2.05, 4.69) is 0 Å². The number of hydrogen-bond acceptors (Lipinski definition) is 2. The zero-order chi connectivity index (χ0) is 14.4. The van der Waals surface area contributed by atoms with E-state index >= 15 is 0 Å². The number of carbonyl (C=O) groups is 1. The first-order valence-electron chi connectivity index (χ1n) is 6.45. The number of nitrogens with zero attached hydrogens (tertiary/aromatic N) is 1. The number of halogens is 3. The van der Waals surface area contributed by atoms with Crippen LogP contribution in [0.1, 0.15) is 12.0 Å². The molecule has 1 amide bonds. The maximum absolute atomic E-state index is 12.5. The van der Waals surface area contributed by atoms with Gasteiger partial charge in [-0.1, -0.05) is 30.3 Å². The zero-order valence-corrected chi connectivity index (χ0v) is 10.7. The normalized spacial score (nSPS) is 28.9. The van der Waals surface area contributed by atoms with Crippen LogP contribution in [-0.2, 0) is 16.0 Å². The second-order valence-electron chi connectivity index (χ2n) is 5.45. The molecule has 3 nitrogen and oxygen atoms in total. The summed E-state index contributed by atoms with van der Waals surface area (Å²) < 4.78 is 43.3. The number of fused-ring (bicyclic) bond motifs is 2. The summed E-state index contributed by atoms with van der Waals surface area (Å²) in [7, 11) is 0. The SMILES string of the molecule is O=C(N1C[C@]2(Cc3ccccc3)CC1CO2)C(F)(F)F. The van der Waals surface area contributed by atoms with Crippen LogP contribution in [0, 0.1) is 0 Å². The number of amides is 1. The van der Waals surface area contributed by atoms with E-state index in [0.717, 1.165) is 10.5 Å². The molecular weight excluding hydrogens is 271 g/mol. The number of benzene rings is 1. The minimum absolute atomic E-state index is 0.0188. The summed E-state index contributed by atoms with van der Waals surface area (Å²) in [5.41, 5.74) is 0.349. The third-order valence-corrected chi connectivity index (χ3v) is 3.96. The summed E-state index contributed by atoms with van der Waals surface area (Å²) in [5, 5.41) is 0. The molecule has 0 radical (unpaired) electrons. The Bertz CT molecular complexity index is 517. The molecule has 2 atom stereocenters. The average molecular weight is 285 g/mol. The molecule has 0 spiro atoms. The summed E-state index contributed by atoms with van der Waals surface area (Å²) >= 11 is 0. The molecule has 0 N–H and O–H groups in total. The molecule has 2 saturated heterocycles. The van der Waals surface area contributed by atoms with Crippen LogP contribution in [0.15, 0.2) is 30.3 Å². The minimum atomic E-state index is -4.81. The number of rotatable bonds is 2. The number of ether oxygens (including phenoxy) is 1. The van der Waals surface area contributed by atoms with Gasteiger partial charge in [0.2, 0.25) is 0 Å². The van der Waals surface area contributed by atoms with Crippen molar-refractivity contribution in [2.45, 2.75) is 30.7 Å². The van der Waals surface area contributed by atoms with Crippen LogP contribution in [-0.4, -0.2) is 41.8 Å². The molecule has 6 heteroatoms. The number of hydrogen-bond donors (Lipinski definition) is 0. The molecule has 108 valence electrons. The molecule has 3 rings (SSSR count). The van der Waals surface area contributed by atoms with Crippen LogP contribution in [0.2, 0.25) is 0 Å². The molecule has 2 fully saturated rings.